The van der Waals surface area contributed by atoms with Crippen LogP contribution in [0.4, 0.5) is 5.69 Å². The molecular weight excluding hydrogens is 1490 g/mol. The third-order valence-corrected chi connectivity index (χ3v) is 22.2. The highest BCUT2D eigenvalue weighted by Gasteiger charge is 2.68. The minimum Gasteiger partial charge on any atom is -0.508 e. The molecule has 0 aromatic heterocycles. The predicted molar refractivity (Wildman–Crippen MR) is 435 cm³/mol. The van der Waals surface area contributed by atoms with Gasteiger partial charge in [-0.15, -0.1) is 12.4 Å². The number of primary amides is 1. The van der Waals surface area contributed by atoms with Crippen molar-refractivity contribution in [3.05, 3.63) is 159 Å². The third kappa shape index (κ3) is 17.9. The van der Waals surface area contributed by atoms with Crippen LogP contribution in [0.25, 0.3) is 27.3 Å². The molecule has 0 spiro atoms. The van der Waals surface area contributed by atoms with E-state index in [1.807, 2.05) is 13.1 Å². The zero-order valence-corrected chi connectivity index (χ0v) is 68.2. The highest BCUT2D eigenvalue weighted by atomic mass is 35.5. The number of carbonyl (C=O) groups is 6. The van der Waals surface area contributed by atoms with Crippen LogP contribution >= 0.6 is 12.4 Å². The predicted octanol–water partition coefficient (Wildman–Crippen LogP) is 9.13. The molecule has 0 radical (unpaired) electrons. The summed E-state index contributed by atoms with van der Waals surface area (Å²) in [5.74, 6) is -10.9. The molecule has 2 fully saturated rings. The van der Waals surface area contributed by atoms with Gasteiger partial charge in [0.1, 0.15) is 46.2 Å². The Morgan fingerprint density at radius 1 is 0.816 bits per heavy atom. The van der Waals surface area contributed by atoms with Gasteiger partial charge in [0.25, 0.3) is 17.6 Å². The molecule has 4 heterocycles. The molecule has 614 valence electrons. The lowest BCUT2D eigenvalue weighted by molar-refractivity contribution is -0.169. The van der Waals surface area contributed by atoms with Crippen LogP contribution in [0, 0.1) is 59.7 Å². The van der Waals surface area contributed by atoms with E-state index >= 15 is 0 Å². The van der Waals surface area contributed by atoms with Gasteiger partial charge in [-0.2, -0.15) is 5.10 Å². The number of phenolic OH excluding ortho intramolecular Hbond substituents is 4. The number of fused-ring (bicyclic) bond motifs is 18. The third-order valence-electron chi connectivity index (χ3n) is 22.2. The number of ether oxygens (including phenoxy) is 4. The molecule has 1 saturated heterocycles. The van der Waals surface area contributed by atoms with Gasteiger partial charge < -0.3 is 86.0 Å². The number of aliphatic hydroxyl groups is 6. The number of nitrogens with zero attached hydrogens (tertiary/aromatic N) is 5. The number of piperazine rings is 1. The number of allylic oxidation sites excluding steroid dienone is 3. The molecule has 4 aliphatic heterocycles. The minimum absolute atomic E-state index is 0. The fourth-order valence-corrected chi connectivity index (χ4v) is 15.8. The van der Waals surface area contributed by atoms with Crippen molar-refractivity contribution >= 4 is 86.7 Å². The Hall–Kier alpha value is -10.1. The molecule has 5 aromatic carbocycles. The number of aromatic hydroxyl groups is 4. The molecule has 7 aliphatic rings. The molecule has 5 bridgehead atoms. The topological polar surface area (TPSA) is 405 Å². The van der Waals surface area contributed by atoms with Crippen molar-refractivity contribution in [1.29, 1.82) is 0 Å². The number of benzene rings is 5. The summed E-state index contributed by atoms with van der Waals surface area (Å²) < 4.78 is 23.6. The lowest BCUT2D eigenvalue weighted by Gasteiger charge is -2.53. The smallest absolute Gasteiger partial charge is 0.312 e. The summed E-state index contributed by atoms with van der Waals surface area (Å²) >= 11 is 0. The number of likely N-dealkylation sites (N-methyl/N-ethyl adjacent to an activating group) is 3. The van der Waals surface area contributed by atoms with Gasteiger partial charge >= 0.3 is 11.8 Å². The molecule has 2 amide bonds. The van der Waals surface area contributed by atoms with E-state index in [9.17, 15) is 79.8 Å². The summed E-state index contributed by atoms with van der Waals surface area (Å²) in [4.78, 5) is 84.9. The number of nitrogens with two attached hydrogens (primary N) is 1. The summed E-state index contributed by atoms with van der Waals surface area (Å²) in [5.41, 5.74) is 2.56. The molecule has 13 N–H and O–H groups in total. The van der Waals surface area contributed by atoms with E-state index < -0.39 is 164 Å². The maximum atomic E-state index is 14.4. The Kier molecular flexibility index (Phi) is 28.4. The van der Waals surface area contributed by atoms with Gasteiger partial charge in [0, 0.05) is 117 Å². The first kappa shape index (κ1) is 89.4. The fraction of sp³-hybridized carbons (Fsp3) is 0.453. The van der Waals surface area contributed by atoms with Gasteiger partial charge in [-0.05, 0) is 109 Å². The average molecular weight is 1600 g/mol. The highest BCUT2D eigenvalue weighted by molar-refractivity contribution is 6.26. The van der Waals surface area contributed by atoms with Gasteiger partial charge in [0.15, 0.2) is 17.1 Å². The zero-order chi connectivity index (χ0) is 83.5. The van der Waals surface area contributed by atoms with Crippen LogP contribution in [0.2, 0.25) is 0 Å². The van der Waals surface area contributed by atoms with E-state index in [-0.39, 0.29) is 73.6 Å². The number of carbonyl (C=O) groups excluding carboxylic acids is 6. The standard InChI is InChI=1S/C43H58N4O12.C22H24N2O8.C21H25N.ClH/c1-21-12-11-13-22(2)42(55)45-33-28(20-44-47-17-15-46(9)16-18-47)37(52)30-31(38(33)53)36(51)26(6)40-32(30)41(54)43(8,59-40)57-19-14-29(56-10)23(3)39(58-27(7)48)25(5)35(50)24(4)34(21)49;1-7-8-5-4-6-9(25)11(8)16(26)12-10(7)17(27)14-15(24(2)3)18(28)13(21(23)31)20(30)22(14,32)19(12)29;1-21(2,3)15-8-5-9-16-22(4)17-19-13-10-12-18-11-6-7-14-20(18)19;/h11-14,19-21,23-25,29,34-35,39,49-53H,15-18H2,1-10H3,(H,45,55);4-7,10,14-15,17,25-27,30,32H,1-3H3,(H2,23,31);5-7,9-14H,16-17H2,1-4H3;1H/b12-11+,19-14+,22-13-,44-20+;;9-5+;/t21-,23+,24+,25+,29-,34-,35+,39+,43-;7-,10+,14+,15-,17-,22-;;/m00../s1. The second kappa shape index (κ2) is 36.1. The van der Waals surface area contributed by atoms with Crippen LogP contribution in [0.15, 0.2) is 131 Å². The quantitative estimate of drug-likeness (QED) is 0.0155. The van der Waals surface area contributed by atoms with E-state index in [0.717, 1.165) is 26.2 Å². The number of ketones is 3. The SMILES string of the molecule is CN(C/C=C/C#CC(C)(C)C)Cc1cccc2ccccc12.CO[C@H]1/C=C/O[C@@]2(C)Oc3c(C)c(O)c4c(O)c(c(/C=N/N5CCN(C)CC5)c(O)c4c3C2=O)NC(=O)/C(C)=C\C=C\[C@H](C)[C@H](O)[C@@H](C)[C@@H](O)[C@@H](C)[C@H](OC(C)=O)[C@@H]1C.C[C@H]1c2cccc(O)c2C(O)=C2C(=O)[C@]3(O)C(O)=C(C(N)=O)C(=O)[C@@H](N(C)C)[C@@H]3[C@@H](O)[C@@H]21.Cl. The Morgan fingerprint density at radius 3 is 2.10 bits per heavy atom. The van der Waals surface area contributed by atoms with Crippen molar-refractivity contribution in [3.63, 3.8) is 0 Å². The highest BCUT2D eigenvalue weighted by Crippen LogP contribution is 2.58. The Balaban J connectivity index is 0.000000245. The van der Waals surface area contributed by atoms with Gasteiger partial charge in [-0.25, -0.2) is 0 Å². The second-order valence-corrected chi connectivity index (χ2v) is 31.7. The largest absolute Gasteiger partial charge is 0.508 e. The molecule has 15 atom stereocenters. The number of halogens is 1. The molecule has 1 saturated carbocycles. The number of nitrogens with one attached hydrogen (secondary N) is 1. The first-order valence-electron chi connectivity index (χ1n) is 37.6. The number of amides is 2. The van der Waals surface area contributed by atoms with Gasteiger partial charge in [-0.3, -0.25) is 43.6 Å². The van der Waals surface area contributed by atoms with Gasteiger partial charge in [0.05, 0.1) is 76.6 Å². The van der Waals surface area contributed by atoms with E-state index in [2.05, 4.69) is 108 Å². The van der Waals surface area contributed by atoms with Crippen LogP contribution in [-0.4, -0.2) is 228 Å². The summed E-state index contributed by atoms with van der Waals surface area (Å²) in [6.07, 6.45) is 7.36. The number of phenols is 4. The van der Waals surface area contributed by atoms with Crippen LogP contribution in [0.3, 0.4) is 0 Å². The molecule has 27 nitrogen and oxygen atoms in total. The summed E-state index contributed by atoms with van der Waals surface area (Å²) in [5, 5.41) is 124. The Bertz CT molecular complexity index is 4820. The molecule has 3 aliphatic carbocycles. The number of esters is 1. The number of aliphatic hydroxyl groups excluding tert-OH is 5. The van der Waals surface area contributed by atoms with Crippen LogP contribution in [-0.2, 0) is 44.7 Å². The first-order chi connectivity index (χ1) is 53.1. The summed E-state index contributed by atoms with van der Waals surface area (Å²) in [7, 11) is 8.48. The van der Waals surface area contributed by atoms with Crippen molar-refractivity contribution in [1.82, 2.24) is 19.7 Å². The molecule has 12 rings (SSSR count). The van der Waals surface area contributed by atoms with Crippen molar-refractivity contribution in [3.8, 4) is 40.6 Å². The maximum Gasteiger partial charge on any atom is 0.312 e. The molecule has 0 unspecified atom stereocenters. The van der Waals surface area contributed by atoms with E-state index in [1.54, 1.807) is 63.9 Å². The molecular formula is C86H108ClN7O20. The van der Waals surface area contributed by atoms with Crippen molar-refractivity contribution in [2.75, 3.05) is 73.3 Å². The number of hydrogen-bond donors (Lipinski definition) is 12. The average Bonchev–Trinajstić information content (AvgIpc) is 0.779. The lowest BCUT2D eigenvalue weighted by Crippen LogP contribution is -2.70. The number of hydrazone groups is 1. The van der Waals surface area contributed by atoms with Crippen LogP contribution in [0.5, 0.6) is 28.7 Å². The maximum absolute atomic E-state index is 14.4. The summed E-state index contributed by atoms with van der Waals surface area (Å²) in [6.45, 7) is 25.0. The van der Waals surface area contributed by atoms with Crippen molar-refractivity contribution in [2.45, 2.75) is 143 Å². The van der Waals surface area contributed by atoms with Crippen LogP contribution in [0.1, 0.15) is 120 Å². The molecule has 114 heavy (non-hydrogen) atoms. The normalized spacial score (nSPS) is 28.5. The van der Waals surface area contributed by atoms with E-state index in [1.165, 1.54) is 101 Å². The number of Topliss-reactive ketones (excluding diaryl/α,β-unsaturated/α-hetero) is 3. The van der Waals surface area contributed by atoms with Gasteiger partial charge in [-0.1, -0.05) is 125 Å². The van der Waals surface area contributed by atoms with Gasteiger partial charge in [0.2, 0.25) is 5.78 Å². The van der Waals surface area contributed by atoms with Crippen molar-refractivity contribution in [2.24, 2.45) is 51.8 Å². The Morgan fingerprint density at radius 2 is 1.46 bits per heavy atom. The molecule has 28 heteroatoms. The molecule has 5 aromatic rings. The van der Waals surface area contributed by atoms with Crippen LogP contribution < -0.4 is 15.8 Å². The number of rotatable bonds is 10. The monoisotopic (exact) mass is 1590 g/mol. The van der Waals surface area contributed by atoms with E-state index in [0.29, 0.717) is 18.7 Å². The number of methoxy groups -OCH3 is 1. The fourth-order valence-electron chi connectivity index (χ4n) is 15.8. The number of anilines is 1. The lowest BCUT2D eigenvalue weighted by atomic mass is 9.54. The van der Waals surface area contributed by atoms with Crippen molar-refractivity contribution < 1.29 is 98.8 Å². The summed E-state index contributed by atoms with van der Waals surface area (Å²) in [6, 6.07) is 18.2. The first-order valence-corrected chi connectivity index (χ1v) is 37.6. The second-order valence-electron chi connectivity index (χ2n) is 31.7. The minimum atomic E-state index is -2.89. The van der Waals surface area contributed by atoms with E-state index in [4.69, 9.17) is 24.7 Å². The Labute approximate surface area is 670 Å². The zero-order valence-electron chi connectivity index (χ0n) is 67.4. The number of hydrogen-bond acceptors (Lipinski definition) is 25.